The quantitative estimate of drug-likeness (QED) is 0.361. The van der Waals surface area contributed by atoms with E-state index < -0.39 is 22.8 Å². The van der Waals surface area contributed by atoms with Crippen LogP contribution in [0.1, 0.15) is 0 Å². The van der Waals surface area contributed by atoms with Gasteiger partial charge in [0.25, 0.3) is 0 Å². The van der Waals surface area contributed by atoms with Gasteiger partial charge in [-0.15, -0.1) is 0 Å². The molecule has 0 aliphatic carbocycles. The lowest BCUT2D eigenvalue weighted by atomic mass is 10.7. The van der Waals surface area contributed by atoms with Crippen molar-refractivity contribution in [1.82, 2.24) is 6.15 Å². The largest absolute Gasteiger partial charge is 0.479 e. The molecule has 8 N–H and O–H groups in total. The molecule has 2 atom stereocenters. The normalized spacial score (nSPS) is 14.2. The van der Waals surface area contributed by atoms with E-state index in [4.69, 9.17) is 20.4 Å². The molecule has 0 heterocycles. The number of aliphatic hydroxyl groups is 2. The van der Waals surface area contributed by atoms with Gasteiger partial charge in [0.2, 0.25) is 10.9 Å². The number of hydrogen-bond donors (Lipinski definition) is 5. The Morgan fingerprint density at radius 3 is 1.42 bits per heavy atom. The van der Waals surface area contributed by atoms with Crippen molar-refractivity contribution in [3.05, 3.63) is 0 Å². The van der Waals surface area contributed by atoms with Crippen LogP contribution < -0.4 is 6.15 Å². The first kappa shape index (κ1) is 13.7. The van der Waals surface area contributed by atoms with E-state index in [1.54, 1.807) is 0 Å². The maximum Gasteiger partial charge on any atom is 0.343 e. The van der Waals surface area contributed by atoms with Gasteiger partial charge in [-0.2, -0.15) is 0 Å². The molecule has 0 fully saturated rings. The summed E-state index contributed by atoms with van der Waals surface area (Å²) in [4.78, 5) is 19.8. The molecule has 12 heavy (non-hydrogen) atoms. The summed E-state index contributed by atoms with van der Waals surface area (Å²) >= 11 is 0.0278. The molecule has 0 aromatic rings. The van der Waals surface area contributed by atoms with E-state index in [0.29, 0.717) is 0 Å². The molecule has 0 aliphatic rings. The number of aliphatic hydroxyl groups excluding tert-OH is 2. The summed E-state index contributed by atoms with van der Waals surface area (Å²) in [5, 5.41) is 33.0. The molecular formula is C4H10NO6S+. The Balaban J connectivity index is 0. The van der Waals surface area contributed by atoms with E-state index in [-0.39, 0.29) is 17.9 Å². The summed E-state index contributed by atoms with van der Waals surface area (Å²) < 4.78 is 0. The van der Waals surface area contributed by atoms with Crippen molar-refractivity contribution in [2.24, 2.45) is 0 Å². The summed E-state index contributed by atoms with van der Waals surface area (Å²) in [5.74, 6) is -3.18. The monoisotopic (exact) mass is 200 g/mol. The minimum atomic E-state index is -1.92. The van der Waals surface area contributed by atoms with Gasteiger partial charge in [0.1, 0.15) is 0 Å². The van der Waals surface area contributed by atoms with Crippen molar-refractivity contribution in [3.63, 3.8) is 0 Å². The van der Waals surface area contributed by atoms with Crippen molar-refractivity contribution in [1.29, 1.82) is 0 Å². The Hall–Kier alpha value is -0.830. The van der Waals surface area contributed by atoms with Crippen LogP contribution in [0.5, 0.6) is 0 Å². The molecule has 0 amide bonds. The van der Waals surface area contributed by atoms with Gasteiger partial charge in [0.15, 0.2) is 0 Å². The lowest BCUT2D eigenvalue weighted by molar-refractivity contribution is -0.142. The van der Waals surface area contributed by atoms with Gasteiger partial charge in [-0.05, 0) is 0 Å². The van der Waals surface area contributed by atoms with E-state index in [1.165, 1.54) is 0 Å². The van der Waals surface area contributed by atoms with Gasteiger partial charge in [-0.3, -0.25) is 0 Å². The Morgan fingerprint density at radius 2 is 1.25 bits per heavy atom. The van der Waals surface area contributed by atoms with Gasteiger partial charge >= 0.3 is 11.9 Å². The third-order valence-corrected chi connectivity index (χ3v) is 1.60. The first-order valence-electron chi connectivity index (χ1n) is 2.42. The number of quaternary nitrogens is 1. The Labute approximate surface area is 71.6 Å². The second kappa shape index (κ2) is 5.77. The van der Waals surface area contributed by atoms with Crippen molar-refractivity contribution in [2.45, 2.75) is 10.9 Å². The Bertz CT molecular complexity index is 155. The predicted octanol–water partition coefficient (Wildman–Crippen LogP) is -1.10. The van der Waals surface area contributed by atoms with Crippen LogP contribution in [0.4, 0.5) is 0 Å². The fourth-order valence-electron chi connectivity index (χ4n) is 0.239. The molecule has 0 aliphatic heterocycles. The molecule has 0 saturated carbocycles. The average molecular weight is 200 g/mol. The van der Waals surface area contributed by atoms with Gasteiger partial charge in [0, 0.05) is 0 Å². The molecular weight excluding hydrogens is 190 g/mol. The van der Waals surface area contributed by atoms with E-state index >= 15 is 0 Å². The zero-order valence-corrected chi connectivity index (χ0v) is 6.98. The highest BCUT2D eigenvalue weighted by atomic mass is 32.2. The molecule has 0 saturated heterocycles. The lowest BCUT2D eigenvalue weighted by Gasteiger charge is -2.06. The number of rotatable bonds is 4. The molecule has 0 radical (unpaired) electrons. The highest BCUT2D eigenvalue weighted by Crippen LogP contribution is 2.13. The van der Waals surface area contributed by atoms with E-state index in [9.17, 15) is 9.59 Å². The van der Waals surface area contributed by atoms with Crippen LogP contribution >= 0.6 is 11.8 Å². The zero-order valence-electron chi connectivity index (χ0n) is 6.17. The summed E-state index contributed by atoms with van der Waals surface area (Å²) in [6, 6.07) is 0. The predicted molar refractivity (Wildman–Crippen MR) is 40.9 cm³/mol. The highest BCUT2D eigenvalue weighted by molar-refractivity contribution is 8.01. The van der Waals surface area contributed by atoms with E-state index in [0.717, 1.165) is 0 Å². The number of carboxylic acid groups (broad SMARTS) is 2. The molecule has 8 heteroatoms. The Morgan fingerprint density at radius 1 is 1.00 bits per heavy atom. The zero-order chi connectivity index (χ0) is 9.02. The number of carbonyl (C=O) groups is 2. The fraction of sp³-hybridized carbons (Fsp3) is 0.500. The number of hydrogen-bond acceptors (Lipinski definition) is 5. The highest BCUT2D eigenvalue weighted by Gasteiger charge is 2.23. The van der Waals surface area contributed by atoms with Crippen LogP contribution in [-0.2, 0) is 9.59 Å². The molecule has 2 unspecified atom stereocenters. The third-order valence-electron chi connectivity index (χ3n) is 0.680. The summed E-state index contributed by atoms with van der Waals surface area (Å²) in [7, 11) is 0. The molecule has 0 aromatic carbocycles. The van der Waals surface area contributed by atoms with Crippen molar-refractivity contribution in [2.75, 3.05) is 0 Å². The molecule has 72 valence electrons. The first-order valence-corrected chi connectivity index (χ1v) is 3.36. The summed E-state index contributed by atoms with van der Waals surface area (Å²) in [6.45, 7) is 0. The van der Waals surface area contributed by atoms with Crippen LogP contribution in [0.2, 0.25) is 0 Å². The van der Waals surface area contributed by atoms with E-state index in [1.807, 2.05) is 0 Å². The lowest BCUT2D eigenvalue weighted by Crippen LogP contribution is -2.24. The third kappa shape index (κ3) is 4.91. The number of thioether (sulfide) groups is 1. The summed E-state index contributed by atoms with van der Waals surface area (Å²) in [6.07, 6.45) is 0. The maximum atomic E-state index is 9.88. The van der Waals surface area contributed by atoms with Crippen LogP contribution in [0.3, 0.4) is 0 Å². The first-order chi connectivity index (χ1) is 4.95. The number of aliphatic carboxylic acids is 2. The SMILES string of the molecule is O=C(O)C(O)SC(O)C(=O)O.[NH4+]. The van der Waals surface area contributed by atoms with Gasteiger partial charge in [-0.25, -0.2) is 9.59 Å². The molecule has 7 nitrogen and oxygen atoms in total. The topological polar surface area (TPSA) is 152 Å². The number of carboxylic acids is 2. The van der Waals surface area contributed by atoms with Crippen molar-refractivity contribution in [3.8, 4) is 0 Å². The van der Waals surface area contributed by atoms with Crippen LogP contribution in [-0.4, -0.2) is 43.2 Å². The van der Waals surface area contributed by atoms with Gasteiger partial charge in [-0.1, -0.05) is 11.8 Å². The molecule has 0 aromatic heterocycles. The van der Waals surface area contributed by atoms with Gasteiger partial charge < -0.3 is 26.6 Å². The minimum Gasteiger partial charge on any atom is -0.479 e. The van der Waals surface area contributed by atoms with Crippen LogP contribution in [0, 0.1) is 0 Å². The molecule has 0 spiro atoms. The van der Waals surface area contributed by atoms with E-state index in [2.05, 4.69) is 0 Å². The van der Waals surface area contributed by atoms with Crippen LogP contribution in [0.25, 0.3) is 0 Å². The van der Waals surface area contributed by atoms with Crippen molar-refractivity contribution < 1.29 is 30.0 Å². The molecule has 0 bridgehead atoms. The second-order valence-corrected chi connectivity index (χ2v) is 2.68. The molecule has 0 rings (SSSR count). The average Bonchev–Trinajstić information content (AvgIpc) is 1.87. The standard InChI is InChI=1S/C4H6O6S.H3N/c5-1(6)3(9)11-4(10)2(7)8;/h3-4,9-10H,(H,5,6)(H,7,8);1H3/p+1. The van der Waals surface area contributed by atoms with Crippen molar-refractivity contribution >= 4 is 23.7 Å². The Kier molecular flexibility index (Phi) is 6.61. The summed E-state index contributed by atoms with van der Waals surface area (Å²) in [5.41, 5.74) is -3.83. The maximum absolute atomic E-state index is 9.88. The fourth-order valence-corrected chi connectivity index (χ4v) is 0.716. The van der Waals surface area contributed by atoms with Gasteiger partial charge in [0.05, 0.1) is 0 Å². The second-order valence-electron chi connectivity index (χ2n) is 1.52. The minimum absolute atomic E-state index is 0. The smallest absolute Gasteiger partial charge is 0.343 e. The van der Waals surface area contributed by atoms with Crippen LogP contribution in [0.15, 0.2) is 0 Å².